The Kier molecular flexibility index (Phi) is 3.28. The fourth-order valence-electron chi connectivity index (χ4n) is 2.03. The van der Waals surface area contributed by atoms with Crippen molar-refractivity contribution >= 4 is 38.4 Å². The van der Waals surface area contributed by atoms with Gasteiger partial charge in [0.05, 0.1) is 0 Å². The van der Waals surface area contributed by atoms with Crippen LogP contribution in [0.5, 0.6) is 0 Å². The molecule has 0 bridgehead atoms. The van der Waals surface area contributed by atoms with E-state index in [0.717, 1.165) is 20.9 Å². The molecule has 1 aromatic heterocycles. The number of aryl methyl sites for hydroxylation is 1. The lowest BCUT2D eigenvalue weighted by atomic mass is 10.1. The maximum atomic E-state index is 12.2. The van der Waals surface area contributed by atoms with Crippen molar-refractivity contribution in [1.29, 1.82) is 0 Å². The number of H-pyrrole nitrogens is 1. The minimum Gasteiger partial charge on any atom is -0.305 e. The van der Waals surface area contributed by atoms with Crippen LogP contribution in [-0.2, 0) is 0 Å². The highest BCUT2D eigenvalue weighted by molar-refractivity contribution is 9.10. The molecule has 1 amide bonds. The van der Waals surface area contributed by atoms with E-state index >= 15 is 0 Å². The van der Waals surface area contributed by atoms with Crippen molar-refractivity contribution in [3.05, 3.63) is 58.2 Å². The fourth-order valence-corrected chi connectivity index (χ4v) is 2.41. The average Bonchev–Trinajstić information content (AvgIpc) is 2.83. The van der Waals surface area contributed by atoms with Crippen LogP contribution in [0.2, 0.25) is 0 Å². The van der Waals surface area contributed by atoms with E-state index in [-0.39, 0.29) is 5.91 Å². The second kappa shape index (κ2) is 5.09. The van der Waals surface area contributed by atoms with Gasteiger partial charge in [-0.15, -0.1) is 0 Å². The van der Waals surface area contributed by atoms with E-state index in [1.54, 1.807) is 6.07 Å². The number of aromatic nitrogens is 2. The molecule has 2 aromatic carbocycles. The minimum absolute atomic E-state index is 0.165. The van der Waals surface area contributed by atoms with Crippen molar-refractivity contribution in [2.45, 2.75) is 6.92 Å². The Bertz CT molecular complexity index is 795. The summed E-state index contributed by atoms with van der Waals surface area (Å²) in [6.45, 7) is 1.89. The van der Waals surface area contributed by atoms with Crippen LogP contribution in [0.3, 0.4) is 0 Å². The summed E-state index contributed by atoms with van der Waals surface area (Å²) < 4.78 is 1.02. The molecular formula is C15H12BrN3O. The zero-order valence-electron chi connectivity index (χ0n) is 10.8. The van der Waals surface area contributed by atoms with E-state index in [1.807, 2.05) is 43.3 Å². The standard InChI is InChI=1S/C15H12BrN3O/c1-9-6-14(19-18-9)17-15(20)12-3-2-11-8-13(16)5-4-10(11)7-12/h2-8H,1H3,(H2,17,18,19,20). The molecule has 2 N–H and O–H groups in total. The first-order valence-electron chi connectivity index (χ1n) is 6.14. The van der Waals surface area contributed by atoms with Gasteiger partial charge < -0.3 is 5.32 Å². The summed E-state index contributed by atoms with van der Waals surface area (Å²) in [4.78, 5) is 12.2. The van der Waals surface area contributed by atoms with Gasteiger partial charge in [-0.05, 0) is 42.0 Å². The predicted octanol–water partition coefficient (Wildman–Crippen LogP) is 3.89. The van der Waals surface area contributed by atoms with Gasteiger partial charge in [0.15, 0.2) is 5.82 Å². The molecule has 1 heterocycles. The quantitative estimate of drug-likeness (QED) is 0.749. The van der Waals surface area contributed by atoms with E-state index in [4.69, 9.17) is 0 Å². The van der Waals surface area contributed by atoms with Crippen LogP contribution in [0, 0.1) is 6.92 Å². The highest BCUT2D eigenvalue weighted by Gasteiger charge is 2.08. The number of rotatable bonds is 2. The lowest BCUT2D eigenvalue weighted by molar-refractivity contribution is 0.102. The molecule has 0 aliphatic rings. The molecule has 0 radical (unpaired) electrons. The molecule has 0 spiro atoms. The van der Waals surface area contributed by atoms with Crippen LogP contribution in [0.1, 0.15) is 16.1 Å². The van der Waals surface area contributed by atoms with Crippen molar-refractivity contribution < 1.29 is 4.79 Å². The first-order chi connectivity index (χ1) is 9.61. The Morgan fingerprint density at radius 1 is 1.15 bits per heavy atom. The van der Waals surface area contributed by atoms with Crippen LogP contribution in [0.4, 0.5) is 5.82 Å². The van der Waals surface area contributed by atoms with Crippen molar-refractivity contribution in [3.8, 4) is 0 Å². The number of halogens is 1. The molecule has 3 rings (SSSR count). The summed E-state index contributed by atoms with van der Waals surface area (Å²) in [5.74, 6) is 0.365. The molecular weight excluding hydrogens is 318 g/mol. The van der Waals surface area contributed by atoms with Gasteiger partial charge in [-0.3, -0.25) is 9.89 Å². The van der Waals surface area contributed by atoms with Crippen LogP contribution >= 0.6 is 15.9 Å². The lowest BCUT2D eigenvalue weighted by Gasteiger charge is -2.04. The predicted molar refractivity (Wildman–Crippen MR) is 82.9 cm³/mol. The number of amides is 1. The summed E-state index contributed by atoms with van der Waals surface area (Å²) >= 11 is 3.44. The summed E-state index contributed by atoms with van der Waals surface area (Å²) in [6, 6.07) is 13.4. The average molecular weight is 330 g/mol. The summed E-state index contributed by atoms with van der Waals surface area (Å²) in [7, 11) is 0. The Morgan fingerprint density at radius 3 is 2.65 bits per heavy atom. The minimum atomic E-state index is -0.165. The summed E-state index contributed by atoms with van der Waals surface area (Å²) in [5, 5.41) is 11.7. The SMILES string of the molecule is Cc1cc(NC(=O)c2ccc3cc(Br)ccc3c2)n[nH]1. The molecule has 100 valence electrons. The number of nitrogens with one attached hydrogen (secondary N) is 2. The van der Waals surface area contributed by atoms with Gasteiger partial charge in [0.25, 0.3) is 5.91 Å². The Labute approximate surface area is 124 Å². The van der Waals surface area contributed by atoms with Crippen LogP contribution in [-0.4, -0.2) is 16.1 Å². The zero-order chi connectivity index (χ0) is 14.1. The van der Waals surface area contributed by atoms with Gasteiger partial charge in [-0.25, -0.2) is 0 Å². The summed E-state index contributed by atoms with van der Waals surface area (Å²) in [5.41, 5.74) is 1.52. The number of aromatic amines is 1. The van der Waals surface area contributed by atoms with E-state index in [2.05, 4.69) is 31.4 Å². The molecule has 0 aliphatic heterocycles. The van der Waals surface area contributed by atoms with Gasteiger partial charge in [0.1, 0.15) is 0 Å². The Balaban J connectivity index is 1.89. The van der Waals surface area contributed by atoms with E-state index in [9.17, 15) is 4.79 Å². The maximum Gasteiger partial charge on any atom is 0.256 e. The molecule has 0 unspecified atom stereocenters. The Morgan fingerprint density at radius 2 is 1.90 bits per heavy atom. The van der Waals surface area contributed by atoms with Crippen molar-refractivity contribution in [3.63, 3.8) is 0 Å². The third-order valence-corrected chi connectivity index (χ3v) is 3.51. The third-order valence-electron chi connectivity index (χ3n) is 3.01. The van der Waals surface area contributed by atoms with Gasteiger partial charge in [-0.2, -0.15) is 5.10 Å². The van der Waals surface area contributed by atoms with E-state index in [1.165, 1.54) is 0 Å². The lowest BCUT2D eigenvalue weighted by Crippen LogP contribution is -2.12. The monoisotopic (exact) mass is 329 g/mol. The molecule has 5 heteroatoms. The number of hydrogen-bond acceptors (Lipinski definition) is 2. The van der Waals surface area contributed by atoms with E-state index in [0.29, 0.717) is 11.4 Å². The number of benzene rings is 2. The number of hydrogen-bond donors (Lipinski definition) is 2. The number of anilines is 1. The molecule has 0 fully saturated rings. The largest absolute Gasteiger partial charge is 0.305 e. The zero-order valence-corrected chi connectivity index (χ0v) is 12.4. The molecule has 0 aliphatic carbocycles. The maximum absolute atomic E-state index is 12.2. The van der Waals surface area contributed by atoms with Crippen LogP contribution < -0.4 is 5.32 Å². The van der Waals surface area contributed by atoms with Gasteiger partial charge >= 0.3 is 0 Å². The number of nitrogens with zero attached hydrogens (tertiary/aromatic N) is 1. The topological polar surface area (TPSA) is 57.8 Å². The Hall–Kier alpha value is -2.14. The first kappa shape index (κ1) is 12.9. The number of carbonyl (C=O) groups excluding carboxylic acids is 1. The second-order valence-electron chi connectivity index (χ2n) is 4.60. The normalized spacial score (nSPS) is 10.7. The first-order valence-corrected chi connectivity index (χ1v) is 6.94. The van der Waals surface area contributed by atoms with Crippen molar-refractivity contribution in [1.82, 2.24) is 10.2 Å². The number of carbonyl (C=O) groups is 1. The smallest absolute Gasteiger partial charge is 0.256 e. The molecule has 0 saturated carbocycles. The molecule has 0 saturated heterocycles. The molecule has 0 atom stereocenters. The molecule has 4 nitrogen and oxygen atoms in total. The second-order valence-corrected chi connectivity index (χ2v) is 5.51. The fraction of sp³-hybridized carbons (Fsp3) is 0.0667. The molecule has 3 aromatic rings. The van der Waals surface area contributed by atoms with Gasteiger partial charge in [-0.1, -0.05) is 28.1 Å². The van der Waals surface area contributed by atoms with Crippen molar-refractivity contribution in [2.75, 3.05) is 5.32 Å². The van der Waals surface area contributed by atoms with E-state index < -0.39 is 0 Å². The van der Waals surface area contributed by atoms with Gasteiger partial charge in [0, 0.05) is 21.8 Å². The third kappa shape index (κ3) is 2.58. The van der Waals surface area contributed by atoms with Crippen LogP contribution in [0.15, 0.2) is 46.9 Å². The van der Waals surface area contributed by atoms with Gasteiger partial charge in [0.2, 0.25) is 0 Å². The summed E-state index contributed by atoms with van der Waals surface area (Å²) in [6.07, 6.45) is 0. The van der Waals surface area contributed by atoms with Crippen LogP contribution in [0.25, 0.3) is 10.8 Å². The highest BCUT2D eigenvalue weighted by atomic mass is 79.9. The molecule has 20 heavy (non-hydrogen) atoms. The number of fused-ring (bicyclic) bond motifs is 1. The van der Waals surface area contributed by atoms with Crippen molar-refractivity contribution in [2.24, 2.45) is 0 Å². The highest BCUT2D eigenvalue weighted by Crippen LogP contribution is 2.21.